The smallest absolute Gasteiger partial charge is 0.272 e. The fraction of sp³-hybridized carbons (Fsp3) is 0.0714. The van der Waals surface area contributed by atoms with Gasteiger partial charge in [-0.25, -0.2) is 4.39 Å². The Morgan fingerprint density at radius 1 is 1.30 bits per heavy atom. The lowest BCUT2D eigenvalue weighted by atomic mass is 10.1. The van der Waals surface area contributed by atoms with Gasteiger partial charge in [0.15, 0.2) is 0 Å². The third-order valence-electron chi connectivity index (χ3n) is 2.68. The third-order valence-corrected chi connectivity index (χ3v) is 2.68. The molecule has 100 valence electrons. The summed E-state index contributed by atoms with van der Waals surface area (Å²) >= 11 is 0. The number of anilines is 1. The Morgan fingerprint density at radius 3 is 2.75 bits per heavy atom. The van der Waals surface area contributed by atoms with Crippen LogP contribution in [0.3, 0.4) is 0 Å². The molecule has 0 fully saturated rings. The van der Waals surface area contributed by atoms with Crippen LogP contribution < -0.4 is 5.32 Å². The van der Waals surface area contributed by atoms with Gasteiger partial charge in [-0.1, -0.05) is 12.1 Å². The number of nitriles is 1. The highest BCUT2D eigenvalue weighted by Gasteiger charge is 2.10. The Kier molecular flexibility index (Phi) is 3.91. The number of nitrogens with zero attached hydrogens (tertiary/aromatic N) is 2. The molecule has 1 N–H and O–H groups in total. The molecule has 0 saturated carbocycles. The Bertz CT molecular complexity index is 695. The normalized spacial score (nSPS) is 9.80. The standard InChI is InChI=1S/C14H10FN3O2/c15-12-5-10(6-13(7-12)18(19)20)9-17-14-4-2-1-3-11(14)8-16/h1-7,17H,9H2. The molecule has 0 heterocycles. The van der Waals surface area contributed by atoms with Crippen molar-refractivity contribution in [1.29, 1.82) is 5.26 Å². The largest absolute Gasteiger partial charge is 0.380 e. The van der Waals surface area contributed by atoms with E-state index in [1.807, 2.05) is 6.07 Å². The van der Waals surface area contributed by atoms with Crippen molar-refractivity contribution in [2.24, 2.45) is 0 Å². The molecule has 2 aromatic carbocycles. The van der Waals surface area contributed by atoms with Crippen LogP contribution in [0.5, 0.6) is 0 Å². The molecule has 2 rings (SSSR count). The molecule has 0 unspecified atom stereocenters. The molecular weight excluding hydrogens is 261 g/mol. The van der Waals surface area contributed by atoms with Crippen LogP contribution in [0.15, 0.2) is 42.5 Å². The first kappa shape index (κ1) is 13.5. The van der Waals surface area contributed by atoms with Crippen molar-refractivity contribution in [3.8, 4) is 6.07 Å². The Morgan fingerprint density at radius 2 is 2.05 bits per heavy atom. The van der Waals surface area contributed by atoms with E-state index >= 15 is 0 Å². The maximum absolute atomic E-state index is 13.3. The zero-order valence-corrected chi connectivity index (χ0v) is 10.3. The van der Waals surface area contributed by atoms with Crippen LogP contribution in [0.2, 0.25) is 0 Å². The van der Waals surface area contributed by atoms with Crippen molar-refractivity contribution in [2.45, 2.75) is 6.54 Å². The quantitative estimate of drug-likeness (QED) is 0.684. The first-order valence-electron chi connectivity index (χ1n) is 5.77. The van der Waals surface area contributed by atoms with Gasteiger partial charge in [0.2, 0.25) is 0 Å². The van der Waals surface area contributed by atoms with Gasteiger partial charge in [0.25, 0.3) is 5.69 Å². The van der Waals surface area contributed by atoms with E-state index in [0.717, 1.165) is 6.07 Å². The lowest BCUT2D eigenvalue weighted by molar-refractivity contribution is -0.385. The monoisotopic (exact) mass is 271 g/mol. The molecule has 6 heteroatoms. The number of nitrogens with one attached hydrogen (secondary N) is 1. The van der Waals surface area contributed by atoms with Crippen LogP contribution in [-0.2, 0) is 6.54 Å². The van der Waals surface area contributed by atoms with E-state index < -0.39 is 10.7 Å². The minimum Gasteiger partial charge on any atom is -0.380 e. The van der Waals surface area contributed by atoms with Crippen molar-refractivity contribution in [3.63, 3.8) is 0 Å². The van der Waals surface area contributed by atoms with E-state index in [1.54, 1.807) is 24.3 Å². The van der Waals surface area contributed by atoms with Gasteiger partial charge in [-0.3, -0.25) is 10.1 Å². The van der Waals surface area contributed by atoms with Crippen LogP contribution in [-0.4, -0.2) is 4.92 Å². The molecular formula is C14H10FN3O2. The Balaban J connectivity index is 2.19. The van der Waals surface area contributed by atoms with Crippen LogP contribution in [0.4, 0.5) is 15.8 Å². The van der Waals surface area contributed by atoms with Gasteiger partial charge in [0.05, 0.1) is 22.2 Å². The molecule has 2 aromatic rings. The Hall–Kier alpha value is -2.94. The minimum absolute atomic E-state index is 0.192. The zero-order chi connectivity index (χ0) is 14.5. The molecule has 0 aliphatic rings. The second-order valence-corrected chi connectivity index (χ2v) is 4.09. The van der Waals surface area contributed by atoms with Crippen molar-refractivity contribution < 1.29 is 9.31 Å². The number of para-hydroxylation sites is 1. The SMILES string of the molecule is N#Cc1ccccc1NCc1cc(F)cc([N+](=O)[O-])c1. The number of nitro groups is 1. The molecule has 0 bridgehead atoms. The summed E-state index contributed by atoms with van der Waals surface area (Å²) in [6.07, 6.45) is 0. The van der Waals surface area contributed by atoms with Crippen LogP contribution in [0.1, 0.15) is 11.1 Å². The number of nitro benzene ring substituents is 1. The average molecular weight is 271 g/mol. The van der Waals surface area contributed by atoms with Crippen LogP contribution in [0, 0.1) is 27.3 Å². The van der Waals surface area contributed by atoms with Crippen molar-refractivity contribution in [3.05, 3.63) is 69.5 Å². The van der Waals surface area contributed by atoms with E-state index in [0.29, 0.717) is 16.8 Å². The Labute approximate surface area is 114 Å². The summed E-state index contributed by atoms with van der Waals surface area (Å²) in [6, 6.07) is 12.3. The lowest BCUT2D eigenvalue weighted by Gasteiger charge is -2.08. The molecule has 20 heavy (non-hydrogen) atoms. The van der Waals surface area contributed by atoms with E-state index in [1.165, 1.54) is 12.1 Å². The molecule has 0 aliphatic heterocycles. The van der Waals surface area contributed by atoms with Crippen molar-refractivity contribution in [2.75, 3.05) is 5.32 Å². The number of non-ortho nitro benzene ring substituents is 1. The fourth-order valence-corrected chi connectivity index (χ4v) is 1.77. The predicted molar refractivity (Wildman–Crippen MR) is 71.5 cm³/mol. The highest BCUT2D eigenvalue weighted by atomic mass is 19.1. The lowest BCUT2D eigenvalue weighted by Crippen LogP contribution is -2.02. The predicted octanol–water partition coefficient (Wildman–Crippen LogP) is 3.22. The summed E-state index contributed by atoms with van der Waals surface area (Å²) in [5, 5.41) is 22.6. The molecule has 0 amide bonds. The van der Waals surface area contributed by atoms with E-state index in [-0.39, 0.29) is 12.2 Å². The number of rotatable bonds is 4. The molecule has 0 aromatic heterocycles. The summed E-state index contributed by atoms with van der Waals surface area (Å²) in [7, 11) is 0. The summed E-state index contributed by atoms with van der Waals surface area (Å²) in [5.41, 5.74) is 1.19. The van der Waals surface area contributed by atoms with Crippen molar-refractivity contribution >= 4 is 11.4 Å². The van der Waals surface area contributed by atoms with E-state index in [2.05, 4.69) is 5.32 Å². The first-order valence-corrected chi connectivity index (χ1v) is 5.77. The summed E-state index contributed by atoms with van der Waals surface area (Å²) < 4.78 is 13.3. The van der Waals surface area contributed by atoms with Gasteiger partial charge in [0.1, 0.15) is 11.9 Å². The zero-order valence-electron chi connectivity index (χ0n) is 10.3. The first-order chi connectivity index (χ1) is 9.60. The van der Waals surface area contributed by atoms with Crippen molar-refractivity contribution in [1.82, 2.24) is 0 Å². The molecule has 0 spiro atoms. The van der Waals surface area contributed by atoms with Gasteiger partial charge in [-0.2, -0.15) is 5.26 Å². The summed E-state index contributed by atoms with van der Waals surface area (Å²) in [6.45, 7) is 0.192. The maximum Gasteiger partial charge on any atom is 0.272 e. The van der Waals surface area contributed by atoms with Gasteiger partial charge in [0, 0.05) is 12.6 Å². The number of hydrogen-bond acceptors (Lipinski definition) is 4. The molecule has 0 atom stereocenters. The van der Waals surface area contributed by atoms with E-state index in [9.17, 15) is 14.5 Å². The van der Waals surface area contributed by atoms with Crippen LogP contribution in [0.25, 0.3) is 0 Å². The highest BCUT2D eigenvalue weighted by Crippen LogP contribution is 2.19. The summed E-state index contributed by atoms with van der Waals surface area (Å²) in [5.74, 6) is -0.662. The third kappa shape index (κ3) is 3.09. The average Bonchev–Trinajstić information content (AvgIpc) is 2.44. The van der Waals surface area contributed by atoms with Gasteiger partial charge in [-0.15, -0.1) is 0 Å². The summed E-state index contributed by atoms with van der Waals surface area (Å²) in [4.78, 5) is 10.0. The molecule has 5 nitrogen and oxygen atoms in total. The van der Waals surface area contributed by atoms with Crippen LogP contribution >= 0.6 is 0 Å². The van der Waals surface area contributed by atoms with E-state index in [4.69, 9.17) is 5.26 Å². The van der Waals surface area contributed by atoms with Gasteiger partial charge < -0.3 is 5.32 Å². The number of halogens is 1. The second kappa shape index (κ2) is 5.80. The molecule has 0 radical (unpaired) electrons. The highest BCUT2D eigenvalue weighted by molar-refractivity contribution is 5.57. The number of hydrogen-bond donors (Lipinski definition) is 1. The van der Waals surface area contributed by atoms with Gasteiger partial charge in [-0.05, 0) is 23.8 Å². The number of benzene rings is 2. The topological polar surface area (TPSA) is 79.0 Å². The fourth-order valence-electron chi connectivity index (χ4n) is 1.77. The molecule has 0 saturated heterocycles. The maximum atomic E-state index is 13.3. The minimum atomic E-state index is -0.662. The van der Waals surface area contributed by atoms with Gasteiger partial charge >= 0.3 is 0 Å². The molecule has 0 aliphatic carbocycles. The second-order valence-electron chi connectivity index (χ2n) is 4.09.